The summed E-state index contributed by atoms with van der Waals surface area (Å²) < 4.78 is 5.44. The first-order chi connectivity index (χ1) is 9.52. The molecule has 0 saturated carbocycles. The first-order valence-corrected chi connectivity index (χ1v) is 6.29. The van der Waals surface area contributed by atoms with Crippen molar-refractivity contribution in [1.29, 1.82) is 5.26 Å². The van der Waals surface area contributed by atoms with Crippen molar-refractivity contribution < 1.29 is 19.4 Å². The van der Waals surface area contributed by atoms with Gasteiger partial charge < -0.3 is 14.7 Å². The minimum absolute atomic E-state index is 0.235. The van der Waals surface area contributed by atoms with Gasteiger partial charge in [-0.2, -0.15) is 5.26 Å². The molecule has 2 aliphatic heterocycles. The Kier molecular flexibility index (Phi) is 2.63. The Hall–Kier alpha value is -2.26. The normalized spacial score (nSPS) is 23.0. The predicted molar refractivity (Wildman–Crippen MR) is 68.8 cm³/mol. The predicted octanol–water partition coefficient (Wildman–Crippen LogP) is 1.32. The van der Waals surface area contributed by atoms with Gasteiger partial charge in [0.1, 0.15) is 12.4 Å². The average molecular weight is 293 g/mol. The zero-order valence-electron chi connectivity index (χ0n) is 10.2. The second-order valence-corrected chi connectivity index (χ2v) is 5.09. The minimum atomic E-state index is -1.89. The molecule has 1 amide bonds. The van der Waals surface area contributed by atoms with Crippen LogP contribution >= 0.6 is 11.6 Å². The lowest BCUT2D eigenvalue weighted by molar-refractivity contribution is -0.148. The van der Waals surface area contributed by atoms with E-state index in [1.165, 1.54) is 11.0 Å². The molecular formula is C13H9ClN2O4. The van der Waals surface area contributed by atoms with Crippen molar-refractivity contribution in [2.45, 2.75) is 11.8 Å². The lowest BCUT2D eigenvalue weighted by Gasteiger charge is -2.26. The van der Waals surface area contributed by atoms with Gasteiger partial charge in [-0.25, -0.2) is 0 Å². The summed E-state index contributed by atoms with van der Waals surface area (Å²) in [5.74, 6) is -1.57. The third-order valence-corrected chi connectivity index (χ3v) is 3.88. The van der Waals surface area contributed by atoms with Crippen LogP contribution < -0.4 is 9.64 Å². The smallest absolute Gasteiger partial charge is 0.324 e. The van der Waals surface area contributed by atoms with E-state index in [1.54, 1.807) is 12.1 Å². The summed E-state index contributed by atoms with van der Waals surface area (Å²) >= 11 is 5.97. The molecule has 0 aliphatic carbocycles. The first-order valence-electron chi connectivity index (χ1n) is 5.91. The fourth-order valence-electron chi connectivity index (χ4n) is 2.77. The number of hydrogen-bond acceptors (Lipinski definition) is 4. The van der Waals surface area contributed by atoms with Crippen LogP contribution in [0, 0.1) is 11.3 Å². The molecule has 0 saturated heterocycles. The first kappa shape index (κ1) is 12.8. The molecule has 1 aromatic carbocycles. The molecule has 1 aromatic rings. The van der Waals surface area contributed by atoms with Crippen molar-refractivity contribution >= 4 is 29.2 Å². The lowest BCUT2D eigenvalue weighted by Crippen LogP contribution is -2.47. The fraction of sp³-hybridized carbons (Fsp3) is 0.308. The number of nitrogens with zero attached hydrogens (tertiary/aromatic N) is 2. The molecule has 1 atom stereocenters. The standard InChI is InChI=1S/C13H9ClN2O4/c14-7-5-8-10-9(6-7)20-4-3-16(10)11(17)13(8,1-2-15)12(18)19/h5-6H,1,3-4H2,(H,18,19). The number of carboxylic acids is 1. The summed E-state index contributed by atoms with van der Waals surface area (Å²) in [6.07, 6.45) is -0.440. The number of carbonyl (C=O) groups is 2. The van der Waals surface area contributed by atoms with Gasteiger partial charge in [0.15, 0.2) is 5.41 Å². The van der Waals surface area contributed by atoms with E-state index < -0.39 is 23.7 Å². The number of ether oxygens (including phenoxy) is 1. The third kappa shape index (κ3) is 1.38. The highest BCUT2D eigenvalue weighted by molar-refractivity contribution is 6.32. The average Bonchev–Trinajstić information content (AvgIpc) is 2.64. The van der Waals surface area contributed by atoms with E-state index in [-0.39, 0.29) is 23.7 Å². The number of nitriles is 1. The molecule has 0 bridgehead atoms. The van der Waals surface area contributed by atoms with Crippen molar-refractivity contribution in [2.24, 2.45) is 0 Å². The molecule has 0 aromatic heterocycles. The van der Waals surface area contributed by atoms with Gasteiger partial charge in [-0.15, -0.1) is 0 Å². The highest BCUT2D eigenvalue weighted by Gasteiger charge is 2.58. The second kappa shape index (κ2) is 4.12. The lowest BCUT2D eigenvalue weighted by atomic mass is 9.79. The Morgan fingerprint density at radius 2 is 2.35 bits per heavy atom. The van der Waals surface area contributed by atoms with Crippen molar-refractivity contribution in [3.05, 3.63) is 22.7 Å². The molecular weight excluding hydrogens is 284 g/mol. The van der Waals surface area contributed by atoms with Crippen LogP contribution in [0.2, 0.25) is 5.02 Å². The number of benzene rings is 1. The highest BCUT2D eigenvalue weighted by atomic mass is 35.5. The Bertz CT molecular complexity index is 682. The van der Waals surface area contributed by atoms with Crippen LogP contribution in [-0.2, 0) is 15.0 Å². The second-order valence-electron chi connectivity index (χ2n) is 4.65. The number of rotatable bonds is 2. The zero-order valence-corrected chi connectivity index (χ0v) is 11.0. The Balaban J connectivity index is 2.35. The quantitative estimate of drug-likeness (QED) is 0.830. The van der Waals surface area contributed by atoms with Crippen LogP contribution in [0.15, 0.2) is 12.1 Å². The summed E-state index contributed by atoms with van der Waals surface area (Å²) in [4.78, 5) is 25.6. The Labute approximate surface area is 119 Å². The maximum Gasteiger partial charge on any atom is 0.324 e. The van der Waals surface area contributed by atoms with Gasteiger partial charge in [0, 0.05) is 16.7 Å². The molecule has 2 aliphatic rings. The summed E-state index contributed by atoms with van der Waals surface area (Å²) in [5, 5.41) is 18.8. The van der Waals surface area contributed by atoms with E-state index in [9.17, 15) is 14.7 Å². The number of halogens is 1. The van der Waals surface area contributed by atoms with Crippen molar-refractivity contribution in [1.82, 2.24) is 0 Å². The van der Waals surface area contributed by atoms with E-state index in [0.717, 1.165) is 0 Å². The van der Waals surface area contributed by atoms with Crippen molar-refractivity contribution in [3.8, 4) is 11.8 Å². The van der Waals surface area contributed by atoms with Crippen molar-refractivity contribution in [2.75, 3.05) is 18.1 Å². The minimum Gasteiger partial charge on any atom is -0.489 e. The van der Waals surface area contributed by atoms with Gasteiger partial charge in [-0.1, -0.05) is 11.6 Å². The summed E-state index contributed by atoms with van der Waals surface area (Å²) in [6, 6.07) is 4.77. The molecule has 0 radical (unpaired) electrons. The third-order valence-electron chi connectivity index (χ3n) is 3.66. The maximum absolute atomic E-state index is 12.5. The highest BCUT2D eigenvalue weighted by Crippen LogP contribution is 2.51. The number of carbonyl (C=O) groups excluding carboxylic acids is 1. The monoisotopic (exact) mass is 292 g/mol. The summed E-state index contributed by atoms with van der Waals surface area (Å²) in [5.41, 5.74) is -1.24. The van der Waals surface area contributed by atoms with Crippen molar-refractivity contribution in [3.63, 3.8) is 0 Å². The SMILES string of the molecule is N#CCC1(C(=O)O)C(=O)N2CCOc3cc(Cl)cc1c32. The molecule has 102 valence electrons. The van der Waals surface area contributed by atoms with Gasteiger partial charge in [-0.05, 0) is 6.07 Å². The summed E-state index contributed by atoms with van der Waals surface area (Å²) in [7, 11) is 0. The molecule has 0 spiro atoms. The van der Waals surface area contributed by atoms with Gasteiger partial charge in [0.2, 0.25) is 5.91 Å². The number of anilines is 1. The molecule has 3 rings (SSSR count). The van der Waals surface area contributed by atoms with Crippen LogP contribution in [0.1, 0.15) is 12.0 Å². The largest absolute Gasteiger partial charge is 0.489 e. The van der Waals surface area contributed by atoms with Gasteiger partial charge in [-0.3, -0.25) is 9.59 Å². The number of amides is 1. The van der Waals surface area contributed by atoms with Crippen LogP contribution in [-0.4, -0.2) is 30.1 Å². The van der Waals surface area contributed by atoms with Crippen LogP contribution in [0.4, 0.5) is 5.69 Å². The summed E-state index contributed by atoms with van der Waals surface area (Å²) in [6.45, 7) is 0.529. The van der Waals surface area contributed by atoms with E-state index in [4.69, 9.17) is 21.6 Å². The molecule has 7 heteroatoms. The van der Waals surface area contributed by atoms with E-state index in [1.807, 2.05) is 0 Å². The number of hydrogen-bond donors (Lipinski definition) is 1. The zero-order chi connectivity index (χ0) is 14.5. The van der Waals surface area contributed by atoms with Gasteiger partial charge in [0.25, 0.3) is 0 Å². The van der Waals surface area contributed by atoms with E-state index in [2.05, 4.69) is 0 Å². The van der Waals surface area contributed by atoms with Crippen LogP contribution in [0.25, 0.3) is 0 Å². The molecule has 20 heavy (non-hydrogen) atoms. The van der Waals surface area contributed by atoms with Crippen LogP contribution in [0.3, 0.4) is 0 Å². The van der Waals surface area contributed by atoms with Gasteiger partial charge >= 0.3 is 5.97 Å². The molecule has 2 heterocycles. The van der Waals surface area contributed by atoms with E-state index in [0.29, 0.717) is 11.4 Å². The number of carboxylic acid groups (broad SMARTS) is 1. The maximum atomic E-state index is 12.5. The molecule has 6 nitrogen and oxygen atoms in total. The topological polar surface area (TPSA) is 90.6 Å². The fourth-order valence-corrected chi connectivity index (χ4v) is 2.98. The molecule has 1 unspecified atom stereocenters. The molecule has 1 N–H and O–H groups in total. The number of aliphatic carboxylic acids is 1. The Morgan fingerprint density at radius 1 is 1.60 bits per heavy atom. The van der Waals surface area contributed by atoms with Crippen LogP contribution in [0.5, 0.6) is 5.75 Å². The molecule has 0 fully saturated rings. The Morgan fingerprint density at radius 3 is 3.00 bits per heavy atom. The van der Waals surface area contributed by atoms with Gasteiger partial charge in [0.05, 0.1) is 24.7 Å². The van der Waals surface area contributed by atoms with E-state index >= 15 is 0 Å².